The predicted molar refractivity (Wildman–Crippen MR) is 127 cm³/mol. The van der Waals surface area contributed by atoms with Crippen molar-refractivity contribution < 1.29 is 8.42 Å². The summed E-state index contributed by atoms with van der Waals surface area (Å²) in [5.74, 6) is 0.575. The zero-order valence-electron chi connectivity index (χ0n) is 16.7. The van der Waals surface area contributed by atoms with Crippen molar-refractivity contribution in [1.82, 2.24) is 24.8 Å². The van der Waals surface area contributed by atoms with Crippen LogP contribution in [0.25, 0.3) is 28.3 Å². The molecule has 0 saturated heterocycles. The molecule has 33 heavy (non-hydrogen) atoms. The highest BCUT2D eigenvalue weighted by Crippen LogP contribution is 2.27. The van der Waals surface area contributed by atoms with Gasteiger partial charge in [-0.05, 0) is 54.6 Å². The smallest absolute Gasteiger partial charge is 0.261 e. The first-order valence-corrected chi connectivity index (χ1v) is 11.9. The number of fused-ring (bicyclic) bond motifs is 1. The summed E-state index contributed by atoms with van der Waals surface area (Å²) in [4.78, 5) is 4.14. The highest BCUT2D eigenvalue weighted by atomic mass is 35.5. The molecule has 0 bridgehead atoms. The third-order valence-electron chi connectivity index (χ3n) is 4.82. The molecule has 0 fully saturated rings. The van der Waals surface area contributed by atoms with E-state index in [9.17, 15) is 8.42 Å². The Balaban J connectivity index is 1.43. The van der Waals surface area contributed by atoms with Crippen LogP contribution in [-0.4, -0.2) is 33.2 Å². The Labute approximate surface area is 198 Å². The lowest BCUT2D eigenvalue weighted by Gasteiger charge is -2.10. The fourth-order valence-corrected chi connectivity index (χ4v) is 4.63. The van der Waals surface area contributed by atoms with Gasteiger partial charge in [0.1, 0.15) is 0 Å². The minimum absolute atomic E-state index is 0.0173. The van der Waals surface area contributed by atoms with Gasteiger partial charge >= 0.3 is 0 Å². The fourth-order valence-electron chi connectivity index (χ4n) is 3.19. The second-order valence-corrected chi connectivity index (χ2v) is 9.51. The van der Waals surface area contributed by atoms with Crippen molar-refractivity contribution in [2.24, 2.45) is 0 Å². The number of hydrogen-bond donors (Lipinski definition) is 1. The Morgan fingerprint density at radius 1 is 0.848 bits per heavy atom. The van der Waals surface area contributed by atoms with Gasteiger partial charge in [-0.1, -0.05) is 35.3 Å². The molecule has 5 aromatic rings. The highest BCUT2D eigenvalue weighted by Gasteiger charge is 2.16. The number of rotatable bonds is 5. The number of hydrogen-bond acceptors (Lipinski definition) is 6. The molecule has 0 aliphatic rings. The maximum atomic E-state index is 12.7. The zero-order valence-corrected chi connectivity index (χ0v) is 19.1. The lowest BCUT2D eigenvalue weighted by molar-refractivity contribution is 0.601. The number of halogens is 2. The SMILES string of the molecule is O=S(=O)(Nc1ccc(-c2ccc3nnc(-c4cccnc4)n3n2)cc1)c1ccc(Cl)c(Cl)c1. The monoisotopic (exact) mass is 496 g/mol. The van der Waals surface area contributed by atoms with Crippen LogP contribution in [0.15, 0.2) is 84.0 Å². The van der Waals surface area contributed by atoms with Gasteiger partial charge < -0.3 is 0 Å². The van der Waals surface area contributed by atoms with Crippen molar-refractivity contribution in [3.63, 3.8) is 0 Å². The molecule has 0 radical (unpaired) electrons. The van der Waals surface area contributed by atoms with Crippen LogP contribution in [-0.2, 0) is 10.0 Å². The molecule has 0 amide bonds. The summed E-state index contributed by atoms with van der Waals surface area (Å²) in [5.41, 5.74) is 3.25. The summed E-state index contributed by atoms with van der Waals surface area (Å²) >= 11 is 11.8. The maximum Gasteiger partial charge on any atom is 0.261 e. The van der Waals surface area contributed by atoms with E-state index < -0.39 is 10.0 Å². The van der Waals surface area contributed by atoms with Gasteiger partial charge in [0, 0.05) is 29.2 Å². The summed E-state index contributed by atoms with van der Waals surface area (Å²) in [6, 6.07) is 18.3. The average Bonchev–Trinajstić information content (AvgIpc) is 3.25. The number of pyridine rings is 1. The molecule has 0 saturated carbocycles. The van der Waals surface area contributed by atoms with E-state index in [-0.39, 0.29) is 14.9 Å². The third kappa shape index (κ3) is 4.25. The molecule has 0 unspecified atom stereocenters. The Hall–Kier alpha value is -3.53. The number of anilines is 1. The van der Waals surface area contributed by atoms with E-state index in [4.69, 9.17) is 23.2 Å². The standard InChI is InChI=1S/C22H14Cl2N6O2S/c23-18-8-7-17(12-19(18)24)33(31,32)29-16-5-3-14(4-6-16)20-9-10-21-26-27-22(30(21)28-20)15-2-1-11-25-13-15/h1-13,29H. The number of nitrogens with one attached hydrogen (secondary N) is 1. The van der Waals surface area contributed by atoms with Gasteiger partial charge in [0.25, 0.3) is 10.0 Å². The maximum absolute atomic E-state index is 12.7. The number of aromatic nitrogens is 5. The molecule has 164 valence electrons. The minimum atomic E-state index is -3.82. The third-order valence-corrected chi connectivity index (χ3v) is 6.93. The summed E-state index contributed by atoms with van der Waals surface area (Å²) in [5, 5.41) is 13.5. The topological polar surface area (TPSA) is 102 Å². The van der Waals surface area contributed by atoms with Crippen LogP contribution < -0.4 is 4.72 Å². The first-order valence-electron chi connectivity index (χ1n) is 9.62. The minimum Gasteiger partial charge on any atom is -0.280 e. The van der Waals surface area contributed by atoms with Crippen molar-refractivity contribution in [3.05, 3.63) is 89.2 Å². The molecule has 0 aliphatic heterocycles. The van der Waals surface area contributed by atoms with Crippen LogP contribution in [0.2, 0.25) is 10.0 Å². The van der Waals surface area contributed by atoms with Crippen molar-refractivity contribution in [2.75, 3.05) is 4.72 Å². The summed E-state index contributed by atoms with van der Waals surface area (Å²) in [6.45, 7) is 0. The normalized spacial score (nSPS) is 11.6. The summed E-state index contributed by atoms with van der Waals surface area (Å²) < 4.78 is 29.5. The molecule has 0 atom stereocenters. The molecule has 8 nitrogen and oxygen atoms in total. The highest BCUT2D eigenvalue weighted by molar-refractivity contribution is 7.92. The zero-order chi connectivity index (χ0) is 23.0. The van der Waals surface area contributed by atoms with Gasteiger partial charge in [0.15, 0.2) is 11.5 Å². The Bertz CT molecular complexity index is 1570. The Morgan fingerprint density at radius 2 is 1.67 bits per heavy atom. The molecular weight excluding hydrogens is 483 g/mol. The van der Waals surface area contributed by atoms with E-state index in [2.05, 4.69) is 25.0 Å². The molecule has 2 aromatic carbocycles. The quantitative estimate of drug-likeness (QED) is 0.368. The van der Waals surface area contributed by atoms with Crippen LogP contribution in [0, 0.1) is 0 Å². The molecule has 0 aliphatic carbocycles. The van der Waals surface area contributed by atoms with Crippen LogP contribution in [0.4, 0.5) is 5.69 Å². The number of nitrogens with zero attached hydrogens (tertiary/aromatic N) is 5. The second kappa shape index (κ2) is 8.43. The van der Waals surface area contributed by atoms with Crippen LogP contribution >= 0.6 is 23.2 Å². The molecule has 1 N–H and O–H groups in total. The van der Waals surface area contributed by atoms with Gasteiger partial charge in [0.2, 0.25) is 0 Å². The van der Waals surface area contributed by atoms with Crippen molar-refractivity contribution in [2.45, 2.75) is 4.90 Å². The van der Waals surface area contributed by atoms with Gasteiger partial charge in [0.05, 0.1) is 20.6 Å². The largest absolute Gasteiger partial charge is 0.280 e. The number of benzene rings is 2. The average molecular weight is 497 g/mol. The van der Waals surface area contributed by atoms with E-state index in [0.717, 1.165) is 11.1 Å². The number of sulfonamides is 1. The molecule has 3 aromatic heterocycles. The lowest BCUT2D eigenvalue weighted by Crippen LogP contribution is -2.12. The molecule has 5 rings (SSSR count). The van der Waals surface area contributed by atoms with Gasteiger partial charge in [-0.3, -0.25) is 9.71 Å². The molecule has 11 heteroatoms. The van der Waals surface area contributed by atoms with Crippen LogP contribution in [0.1, 0.15) is 0 Å². The van der Waals surface area contributed by atoms with Crippen LogP contribution in [0.5, 0.6) is 0 Å². The first-order chi connectivity index (χ1) is 15.9. The van der Waals surface area contributed by atoms with E-state index >= 15 is 0 Å². The Morgan fingerprint density at radius 3 is 2.39 bits per heavy atom. The predicted octanol–water partition coefficient (Wildman–Crippen LogP) is 4.96. The lowest BCUT2D eigenvalue weighted by atomic mass is 10.1. The van der Waals surface area contributed by atoms with Crippen LogP contribution in [0.3, 0.4) is 0 Å². The molecule has 3 heterocycles. The van der Waals surface area contributed by atoms with Crippen molar-refractivity contribution in [1.29, 1.82) is 0 Å². The summed E-state index contributed by atoms with van der Waals surface area (Å²) in [6.07, 6.45) is 3.38. The molecular formula is C22H14Cl2N6O2S. The first kappa shape index (κ1) is 21.3. The molecule has 0 spiro atoms. The Kier molecular flexibility index (Phi) is 5.45. The van der Waals surface area contributed by atoms with Crippen molar-refractivity contribution in [3.8, 4) is 22.6 Å². The van der Waals surface area contributed by atoms with E-state index in [1.54, 1.807) is 41.2 Å². The van der Waals surface area contributed by atoms with E-state index in [1.807, 2.05) is 24.3 Å². The second-order valence-electron chi connectivity index (χ2n) is 7.01. The van der Waals surface area contributed by atoms with Crippen molar-refractivity contribution >= 4 is 44.6 Å². The van der Waals surface area contributed by atoms with E-state index in [1.165, 1.54) is 18.2 Å². The van der Waals surface area contributed by atoms with Gasteiger partial charge in [-0.25, -0.2) is 8.42 Å². The van der Waals surface area contributed by atoms with E-state index in [0.29, 0.717) is 22.9 Å². The van der Waals surface area contributed by atoms with Gasteiger partial charge in [-0.15, -0.1) is 10.2 Å². The summed E-state index contributed by atoms with van der Waals surface area (Å²) in [7, 11) is -3.82. The van der Waals surface area contributed by atoms with Gasteiger partial charge in [-0.2, -0.15) is 9.61 Å². The fraction of sp³-hybridized carbons (Fsp3) is 0.